The second-order valence-electron chi connectivity index (χ2n) is 7.18. The Morgan fingerprint density at radius 3 is 2.47 bits per heavy atom. The maximum absolute atomic E-state index is 12.8. The highest BCUT2D eigenvalue weighted by Gasteiger charge is 2.26. The Bertz CT molecular complexity index is 1130. The molecule has 0 unspecified atom stereocenters. The fourth-order valence-electron chi connectivity index (χ4n) is 3.48. The zero-order valence-corrected chi connectivity index (χ0v) is 19.2. The van der Waals surface area contributed by atoms with E-state index < -0.39 is 22.1 Å². The number of carboxylic acids is 1. The minimum Gasteiger partial charge on any atom is -0.478 e. The first kappa shape index (κ1) is 23.7. The standard InChI is InChI=1S/C21H24ClN3O6S/c1-3-31-21(28)25-11-9-24(10-12-25)18-8-7-15(13-16(18)20(26)27)23-32(29,30)19-6-4-5-17(22)14(19)2/h4-8,13,23H,3,9-12H2,1-2H3,(H,26,27). The molecule has 0 radical (unpaired) electrons. The lowest BCUT2D eigenvalue weighted by molar-refractivity contribution is 0.0696. The average Bonchev–Trinajstić information content (AvgIpc) is 2.75. The summed E-state index contributed by atoms with van der Waals surface area (Å²) in [6.07, 6.45) is -0.397. The Morgan fingerprint density at radius 1 is 1.16 bits per heavy atom. The first-order valence-electron chi connectivity index (χ1n) is 9.96. The van der Waals surface area contributed by atoms with Gasteiger partial charge in [-0.2, -0.15) is 0 Å². The summed E-state index contributed by atoms with van der Waals surface area (Å²) in [4.78, 5) is 27.2. The van der Waals surface area contributed by atoms with Gasteiger partial charge in [-0.25, -0.2) is 18.0 Å². The number of anilines is 2. The zero-order valence-electron chi connectivity index (χ0n) is 17.7. The number of carboxylic acid groups (broad SMARTS) is 1. The number of benzene rings is 2. The van der Waals surface area contributed by atoms with Gasteiger partial charge in [-0.15, -0.1) is 0 Å². The highest BCUT2D eigenvalue weighted by molar-refractivity contribution is 7.92. The van der Waals surface area contributed by atoms with Crippen LogP contribution in [0.25, 0.3) is 0 Å². The van der Waals surface area contributed by atoms with E-state index in [4.69, 9.17) is 16.3 Å². The number of nitrogens with zero attached hydrogens (tertiary/aromatic N) is 2. The monoisotopic (exact) mass is 481 g/mol. The van der Waals surface area contributed by atoms with Crippen LogP contribution in [0.5, 0.6) is 0 Å². The predicted octanol–water partition coefficient (Wildman–Crippen LogP) is 3.43. The second-order valence-corrected chi connectivity index (χ2v) is 9.24. The van der Waals surface area contributed by atoms with Crippen LogP contribution in [0.15, 0.2) is 41.3 Å². The normalized spacial score (nSPS) is 14.2. The van der Waals surface area contributed by atoms with Crippen molar-refractivity contribution in [2.24, 2.45) is 0 Å². The number of hydrogen-bond acceptors (Lipinski definition) is 6. The summed E-state index contributed by atoms with van der Waals surface area (Å²) in [6, 6.07) is 8.91. The van der Waals surface area contributed by atoms with Gasteiger partial charge in [0.2, 0.25) is 0 Å². The molecule has 0 atom stereocenters. The quantitative estimate of drug-likeness (QED) is 0.649. The van der Waals surface area contributed by atoms with Gasteiger partial charge >= 0.3 is 12.1 Å². The third-order valence-electron chi connectivity index (χ3n) is 5.13. The van der Waals surface area contributed by atoms with Gasteiger partial charge in [0.15, 0.2) is 0 Å². The van der Waals surface area contributed by atoms with Crippen LogP contribution in [-0.2, 0) is 14.8 Å². The van der Waals surface area contributed by atoms with Crippen molar-refractivity contribution in [2.45, 2.75) is 18.7 Å². The molecule has 1 aliphatic rings. The Balaban J connectivity index is 1.82. The van der Waals surface area contributed by atoms with E-state index in [0.717, 1.165) is 0 Å². The van der Waals surface area contributed by atoms with E-state index in [9.17, 15) is 23.1 Å². The molecule has 9 nitrogen and oxygen atoms in total. The van der Waals surface area contributed by atoms with E-state index >= 15 is 0 Å². The van der Waals surface area contributed by atoms with Crippen molar-refractivity contribution >= 4 is 45.1 Å². The van der Waals surface area contributed by atoms with E-state index in [2.05, 4.69) is 4.72 Å². The van der Waals surface area contributed by atoms with Crippen molar-refractivity contribution in [1.29, 1.82) is 0 Å². The summed E-state index contributed by atoms with van der Waals surface area (Å²) in [6.45, 7) is 5.24. The summed E-state index contributed by atoms with van der Waals surface area (Å²) < 4.78 is 33.1. The first-order valence-corrected chi connectivity index (χ1v) is 11.8. The summed E-state index contributed by atoms with van der Waals surface area (Å²) in [5, 5.41) is 10.0. The number of hydrogen-bond donors (Lipinski definition) is 2. The van der Waals surface area contributed by atoms with Gasteiger partial charge in [0.1, 0.15) is 0 Å². The van der Waals surface area contributed by atoms with Gasteiger partial charge in [-0.3, -0.25) is 4.72 Å². The SMILES string of the molecule is CCOC(=O)N1CCN(c2ccc(NS(=O)(=O)c3cccc(Cl)c3C)cc2C(=O)O)CC1. The third-order valence-corrected chi connectivity index (χ3v) is 7.07. The van der Waals surface area contributed by atoms with Gasteiger partial charge in [0.25, 0.3) is 10.0 Å². The topological polar surface area (TPSA) is 116 Å². The molecule has 32 heavy (non-hydrogen) atoms. The summed E-state index contributed by atoms with van der Waals surface area (Å²) >= 11 is 6.04. The molecule has 0 saturated carbocycles. The molecule has 1 aliphatic heterocycles. The molecule has 0 bridgehead atoms. The molecule has 1 heterocycles. The Kier molecular flexibility index (Phi) is 7.15. The number of sulfonamides is 1. The van der Waals surface area contributed by atoms with E-state index in [1.54, 1.807) is 30.9 Å². The van der Waals surface area contributed by atoms with Crippen molar-refractivity contribution in [3.05, 3.63) is 52.5 Å². The molecule has 0 aliphatic carbocycles. The fraction of sp³-hybridized carbons (Fsp3) is 0.333. The van der Waals surface area contributed by atoms with Crippen LogP contribution < -0.4 is 9.62 Å². The largest absolute Gasteiger partial charge is 0.478 e. The van der Waals surface area contributed by atoms with Crippen LogP contribution in [0.3, 0.4) is 0 Å². The molecule has 1 fully saturated rings. The number of halogens is 1. The number of ether oxygens (including phenoxy) is 1. The zero-order chi connectivity index (χ0) is 23.5. The number of nitrogens with one attached hydrogen (secondary N) is 1. The van der Waals surface area contributed by atoms with Crippen LogP contribution in [0.2, 0.25) is 5.02 Å². The van der Waals surface area contributed by atoms with Crippen LogP contribution in [0.4, 0.5) is 16.2 Å². The van der Waals surface area contributed by atoms with Gasteiger partial charge < -0.3 is 19.6 Å². The average molecular weight is 482 g/mol. The second kappa shape index (κ2) is 9.66. The molecule has 2 aromatic rings. The van der Waals surface area contributed by atoms with E-state index in [1.807, 2.05) is 4.90 Å². The number of amides is 1. The number of rotatable bonds is 6. The van der Waals surface area contributed by atoms with Crippen molar-refractivity contribution in [2.75, 3.05) is 42.4 Å². The first-order chi connectivity index (χ1) is 15.1. The maximum Gasteiger partial charge on any atom is 0.409 e. The molecule has 172 valence electrons. The lowest BCUT2D eigenvalue weighted by Crippen LogP contribution is -2.49. The van der Waals surface area contributed by atoms with Crippen LogP contribution >= 0.6 is 11.6 Å². The lowest BCUT2D eigenvalue weighted by Gasteiger charge is -2.36. The van der Waals surface area contributed by atoms with Crippen LogP contribution in [0, 0.1) is 6.92 Å². The molecule has 11 heteroatoms. The van der Waals surface area contributed by atoms with E-state index in [-0.39, 0.29) is 22.8 Å². The van der Waals surface area contributed by atoms with Crippen molar-refractivity contribution in [3.8, 4) is 0 Å². The molecule has 0 spiro atoms. The van der Waals surface area contributed by atoms with Crippen molar-refractivity contribution in [3.63, 3.8) is 0 Å². The summed E-state index contributed by atoms with van der Waals surface area (Å²) in [5.41, 5.74) is 0.924. The molecule has 0 aromatic heterocycles. The van der Waals surface area contributed by atoms with Gasteiger partial charge in [0, 0.05) is 36.9 Å². The predicted molar refractivity (Wildman–Crippen MR) is 121 cm³/mol. The number of carbonyl (C=O) groups is 2. The Hall–Kier alpha value is -2.98. The van der Waals surface area contributed by atoms with Gasteiger partial charge in [0.05, 0.1) is 22.8 Å². The minimum atomic E-state index is -3.97. The Morgan fingerprint density at radius 2 is 1.84 bits per heavy atom. The van der Waals surface area contributed by atoms with Gasteiger partial charge in [-0.05, 0) is 49.7 Å². The molecule has 1 saturated heterocycles. The molecule has 1 amide bonds. The fourth-order valence-corrected chi connectivity index (χ4v) is 5.03. The van der Waals surface area contributed by atoms with Gasteiger partial charge in [-0.1, -0.05) is 17.7 Å². The number of aromatic carboxylic acids is 1. The van der Waals surface area contributed by atoms with E-state index in [0.29, 0.717) is 42.5 Å². The molecule has 2 aromatic carbocycles. The minimum absolute atomic E-state index is 0.0149. The third kappa shape index (κ3) is 5.08. The van der Waals surface area contributed by atoms with Crippen LogP contribution in [-0.4, -0.2) is 63.3 Å². The number of piperazine rings is 1. The summed E-state index contributed by atoms with van der Waals surface area (Å²) in [7, 11) is -3.97. The van der Waals surface area contributed by atoms with E-state index in [1.165, 1.54) is 24.3 Å². The highest BCUT2D eigenvalue weighted by Crippen LogP contribution is 2.29. The Labute approximate surface area is 191 Å². The molecular weight excluding hydrogens is 458 g/mol. The van der Waals surface area contributed by atoms with Crippen LogP contribution in [0.1, 0.15) is 22.8 Å². The molecular formula is C21H24ClN3O6S. The summed E-state index contributed by atoms with van der Waals surface area (Å²) in [5.74, 6) is -1.19. The molecule has 2 N–H and O–H groups in total. The van der Waals surface area contributed by atoms with Crippen molar-refractivity contribution in [1.82, 2.24) is 4.90 Å². The molecule has 3 rings (SSSR count). The van der Waals surface area contributed by atoms with Crippen molar-refractivity contribution < 1.29 is 27.9 Å². The maximum atomic E-state index is 12.8. The number of carbonyl (C=O) groups excluding carboxylic acids is 1. The highest BCUT2D eigenvalue weighted by atomic mass is 35.5. The lowest BCUT2D eigenvalue weighted by atomic mass is 10.1. The smallest absolute Gasteiger partial charge is 0.409 e.